The van der Waals surface area contributed by atoms with Crippen molar-refractivity contribution in [2.45, 2.75) is 51.1 Å². The topological polar surface area (TPSA) is 45.2 Å². The second-order valence-corrected chi connectivity index (χ2v) is 8.81. The van der Waals surface area contributed by atoms with E-state index in [-0.39, 0.29) is 0 Å². The highest BCUT2D eigenvalue weighted by Gasteiger charge is 2.29. The van der Waals surface area contributed by atoms with Crippen molar-refractivity contribution in [3.63, 3.8) is 0 Å². The molecule has 5 nitrogen and oxygen atoms in total. The lowest BCUT2D eigenvalue weighted by atomic mass is 10.2. The molecule has 6 heteroatoms. The molecule has 146 valence electrons. The van der Waals surface area contributed by atoms with Gasteiger partial charge in [0.05, 0.1) is 18.1 Å². The Balaban J connectivity index is 1.47. The molecule has 5 rings (SSSR count). The van der Waals surface area contributed by atoms with E-state index < -0.39 is 0 Å². The minimum absolute atomic E-state index is 0.414. The van der Waals surface area contributed by atoms with Crippen molar-refractivity contribution in [1.82, 2.24) is 19.9 Å². The zero-order chi connectivity index (χ0) is 18.8. The Morgan fingerprint density at radius 2 is 1.82 bits per heavy atom. The molecular weight excluding hydrogens is 366 g/mol. The molecule has 1 unspecified atom stereocenters. The molecule has 3 aromatic rings. The van der Waals surface area contributed by atoms with Crippen LogP contribution in [0.25, 0.3) is 10.9 Å². The number of fused-ring (bicyclic) bond motifs is 1. The van der Waals surface area contributed by atoms with Gasteiger partial charge in [-0.3, -0.25) is 4.90 Å². The van der Waals surface area contributed by atoms with Crippen LogP contribution in [0.15, 0.2) is 35.8 Å². The summed E-state index contributed by atoms with van der Waals surface area (Å²) in [6.07, 6.45) is 9.49. The van der Waals surface area contributed by atoms with E-state index in [0.717, 1.165) is 43.3 Å². The zero-order valence-electron chi connectivity index (χ0n) is 16.3. The number of anilines is 1. The molecule has 0 saturated carbocycles. The van der Waals surface area contributed by atoms with Crippen LogP contribution in [0.5, 0.6) is 0 Å². The van der Waals surface area contributed by atoms with Crippen molar-refractivity contribution >= 4 is 28.1 Å². The Labute approximate surface area is 170 Å². The molecule has 2 aliphatic heterocycles. The summed E-state index contributed by atoms with van der Waals surface area (Å²) < 4.78 is 0. The third-order valence-corrected chi connectivity index (χ3v) is 6.86. The van der Waals surface area contributed by atoms with Gasteiger partial charge in [-0.1, -0.05) is 25.0 Å². The van der Waals surface area contributed by atoms with Crippen LogP contribution < -0.4 is 4.90 Å². The molecule has 1 atom stereocenters. The van der Waals surface area contributed by atoms with Gasteiger partial charge < -0.3 is 4.90 Å². The van der Waals surface area contributed by atoms with E-state index in [1.165, 1.54) is 48.9 Å². The maximum Gasteiger partial charge on any atom is 0.145 e. The number of likely N-dealkylation sites (tertiary alicyclic amines) is 1. The summed E-state index contributed by atoms with van der Waals surface area (Å²) in [4.78, 5) is 19.6. The lowest BCUT2D eigenvalue weighted by Gasteiger charge is -2.25. The maximum absolute atomic E-state index is 5.10. The molecule has 0 spiro atoms. The Hall–Kier alpha value is -2.05. The van der Waals surface area contributed by atoms with Gasteiger partial charge in [0, 0.05) is 30.1 Å². The summed E-state index contributed by atoms with van der Waals surface area (Å²) in [7, 11) is 0. The van der Waals surface area contributed by atoms with Crippen LogP contribution in [-0.2, 0) is 6.54 Å². The van der Waals surface area contributed by atoms with Gasteiger partial charge in [0.2, 0.25) is 0 Å². The van der Waals surface area contributed by atoms with E-state index >= 15 is 0 Å². The Bertz CT molecular complexity index is 918. The van der Waals surface area contributed by atoms with Gasteiger partial charge in [0.1, 0.15) is 16.6 Å². The molecule has 0 radical (unpaired) electrons. The first kappa shape index (κ1) is 18.0. The third-order valence-electron chi connectivity index (χ3n) is 5.98. The summed E-state index contributed by atoms with van der Waals surface area (Å²) in [5, 5.41) is 4.49. The molecule has 2 fully saturated rings. The predicted octanol–water partition coefficient (Wildman–Crippen LogP) is 4.80. The summed E-state index contributed by atoms with van der Waals surface area (Å²) in [6, 6.07) is 8.90. The van der Waals surface area contributed by atoms with Gasteiger partial charge in [0.25, 0.3) is 0 Å². The first-order chi connectivity index (χ1) is 13.9. The first-order valence-corrected chi connectivity index (χ1v) is 11.4. The fourth-order valence-electron chi connectivity index (χ4n) is 4.58. The van der Waals surface area contributed by atoms with Crippen molar-refractivity contribution in [2.75, 3.05) is 24.5 Å². The van der Waals surface area contributed by atoms with Crippen LogP contribution in [0.1, 0.15) is 55.4 Å². The van der Waals surface area contributed by atoms with Crippen LogP contribution in [0.4, 0.5) is 5.82 Å². The number of nitrogens with zero attached hydrogens (tertiary/aromatic N) is 5. The maximum atomic E-state index is 5.10. The second-order valence-electron chi connectivity index (χ2n) is 7.88. The number of aromatic nitrogens is 3. The summed E-state index contributed by atoms with van der Waals surface area (Å²) in [5.74, 6) is 2.08. The molecule has 1 aromatic carbocycles. The Morgan fingerprint density at radius 3 is 2.64 bits per heavy atom. The predicted molar refractivity (Wildman–Crippen MR) is 115 cm³/mol. The fourth-order valence-corrected chi connectivity index (χ4v) is 5.38. The normalized spacial score (nSPS) is 21.3. The highest BCUT2D eigenvalue weighted by atomic mass is 32.1. The molecule has 28 heavy (non-hydrogen) atoms. The highest BCUT2D eigenvalue weighted by Crippen LogP contribution is 2.34. The molecule has 0 bridgehead atoms. The molecular formula is C22H27N5S. The number of benzene rings is 1. The Kier molecular flexibility index (Phi) is 5.23. The van der Waals surface area contributed by atoms with E-state index in [2.05, 4.69) is 44.4 Å². The van der Waals surface area contributed by atoms with E-state index in [9.17, 15) is 0 Å². The van der Waals surface area contributed by atoms with Crippen LogP contribution in [-0.4, -0.2) is 39.5 Å². The minimum atomic E-state index is 0.414. The smallest absolute Gasteiger partial charge is 0.145 e. The molecule has 4 heterocycles. The van der Waals surface area contributed by atoms with Crippen molar-refractivity contribution in [3.8, 4) is 0 Å². The van der Waals surface area contributed by atoms with E-state index in [0.29, 0.717) is 6.04 Å². The number of hydrogen-bond acceptors (Lipinski definition) is 6. The largest absolute Gasteiger partial charge is 0.356 e. The van der Waals surface area contributed by atoms with Gasteiger partial charge in [-0.05, 0) is 44.4 Å². The average Bonchev–Trinajstić information content (AvgIpc) is 3.33. The molecule has 0 aliphatic carbocycles. The lowest BCUT2D eigenvalue weighted by Crippen LogP contribution is -2.27. The number of rotatable bonds is 4. The van der Waals surface area contributed by atoms with Gasteiger partial charge in [-0.15, -0.1) is 11.3 Å². The van der Waals surface area contributed by atoms with Crippen LogP contribution in [0.2, 0.25) is 0 Å². The number of hydrogen-bond donors (Lipinski definition) is 0. The second kappa shape index (κ2) is 8.13. The quantitative estimate of drug-likeness (QED) is 0.637. The standard InChI is InChI=1S/C22H27N5S/c1-2-6-13-26(12-5-1)21-17-8-3-4-9-18(17)24-20(25-21)16-27-14-7-10-19(27)22-23-11-15-28-22/h3-4,8-9,11,15,19H,1-2,5-7,10,12-14,16H2. The highest BCUT2D eigenvalue weighted by molar-refractivity contribution is 7.09. The van der Waals surface area contributed by atoms with Gasteiger partial charge in [0.15, 0.2) is 0 Å². The summed E-state index contributed by atoms with van der Waals surface area (Å²) >= 11 is 1.76. The van der Waals surface area contributed by atoms with Gasteiger partial charge in [-0.2, -0.15) is 0 Å². The summed E-state index contributed by atoms with van der Waals surface area (Å²) in [6.45, 7) is 4.10. The monoisotopic (exact) mass is 393 g/mol. The van der Waals surface area contributed by atoms with Crippen molar-refractivity contribution in [1.29, 1.82) is 0 Å². The van der Waals surface area contributed by atoms with E-state index in [1.54, 1.807) is 11.3 Å². The van der Waals surface area contributed by atoms with Crippen molar-refractivity contribution in [3.05, 3.63) is 46.7 Å². The van der Waals surface area contributed by atoms with Crippen LogP contribution in [0, 0.1) is 0 Å². The molecule has 2 aromatic heterocycles. The minimum Gasteiger partial charge on any atom is -0.356 e. The average molecular weight is 394 g/mol. The SMILES string of the molecule is c1ccc2c(N3CCCCCC3)nc(CN3CCCC3c3nccs3)nc2c1. The van der Waals surface area contributed by atoms with E-state index in [4.69, 9.17) is 9.97 Å². The van der Waals surface area contributed by atoms with Crippen molar-refractivity contribution in [2.24, 2.45) is 0 Å². The summed E-state index contributed by atoms with van der Waals surface area (Å²) in [5.41, 5.74) is 1.07. The van der Waals surface area contributed by atoms with Gasteiger partial charge in [-0.25, -0.2) is 15.0 Å². The zero-order valence-corrected chi connectivity index (χ0v) is 17.1. The molecule has 2 saturated heterocycles. The van der Waals surface area contributed by atoms with Crippen LogP contribution in [0.3, 0.4) is 0 Å². The fraction of sp³-hybridized carbons (Fsp3) is 0.500. The van der Waals surface area contributed by atoms with Crippen LogP contribution >= 0.6 is 11.3 Å². The van der Waals surface area contributed by atoms with E-state index in [1.807, 2.05) is 6.20 Å². The first-order valence-electron chi connectivity index (χ1n) is 10.5. The number of thiazole rings is 1. The number of para-hydroxylation sites is 1. The Morgan fingerprint density at radius 1 is 0.964 bits per heavy atom. The van der Waals surface area contributed by atoms with Crippen molar-refractivity contribution < 1.29 is 0 Å². The molecule has 0 N–H and O–H groups in total. The third kappa shape index (κ3) is 3.63. The molecule has 2 aliphatic rings. The van der Waals surface area contributed by atoms with Gasteiger partial charge >= 0.3 is 0 Å². The molecule has 0 amide bonds. The lowest BCUT2D eigenvalue weighted by molar-refractivity contribution is 0.242.